The van der Waals surface area contributed by atoms with Crippen molar-refractivity contribution in [2.75, 3.05) is 27.7 Å². The van der Waals surface area contributed by atoms with Gasteiger partial charge < -0.3 is 25.8 Å². The molecule has 3 heterocycles. The maximum atomic E-state index is 14.0. The third-order valence-electron chi connectivity index (χ3n) is 7.47. The number of halogens is 1. The van der Waals surface area contributed by atoms with Gasteiger partial charge in [-0.15, -0.1) is 11.3 Å². The predicted octanol–water partition coefficient (Wildman–Crippen LogP) is 2.83. The molecule has 0 bridgehead atoms. The van der Waals surface area contributed by atoms with Crippen LogP contribution >= 0.6 is 22.9 Å². The molecule has 2 amide bonds. The van der Waals surface area contributed by atoms with Crippen LogP contribution < -0.4 is 11.1 Å². The third kappa shape index (κ3) is 4.90. The SMILES string of the molecule is CN1CCc2nc(C(=O)NC3CCC(C(=O)N(C)C)CC3(N)C(=O)c3cc4cc(Cl)ccc4[nH]3)sc2C1. The van der Waals surface area contributed by atoms with Gasteiger partial charge in [0.05, 0.1) is 17.4 Å². The second kappa shape index (κ2) is 9.83. The first-order chi connectivity index (χ1) is 17.5. The van der Waals surface area contributed by atoms with Crippen LogP contribution in [0.5, 0.6) is 0 Å². The first kappa shape index (κ1) is 25.8. The number of H-pyrrole nitrogens is 1. The second-order valence-electron chi connectivity index (χ2n) is 10.4. The zero-order valence-corrected chi connectivity index (χ0v) is 22.7. The van der Waals surface area contributed by atoms with Crippen LogP contribution in [0.1, 0.15) is 50.1 Å². The van der Waals surface area contributed by atoms with Crippen LogP contribution in [0.25, 0.3) is 10.9 Å². The van der Waals surface area contributed by atoms with Crippen LogP contribution in [-0.2, 0) is 17.8 Å². The lowest BCUT2D eigenvalue weighted by Gasteiger charge is -2.43. The van der Waals surface area contributed by atoms with Crippen LogP contribution in [0.3, 0.4) is 0 Å². The highest BCUT2D eigenvalue weighted by Crippen LogP contribution is 2.36. The molecule has 2 aliphatic rings. The van der Waals surface area contributed by atoms with Gasteiger partial charge in [0, 0.05) is 60.3 Å². The van der Waals surface area contributed by atoms with Crippen molar-refractivity contribution in [2.45, 2.75) is 43.8 Å². The van der Waals surface area contributed by atoms with E-state index in [4.69, 9.17) is 17.3 Å². The van der Waals surface area contributed by atoms with Crippen molar-refractivity contribution >= 4 is 51.4 Å². The van der Waals surface area contributed by atoms with Gasteiger partial charge in [-0.25, -0.2) is 4.98 Å². The quantitative estimate of drug-likeness (QED) is 0.426. The van der Waals surface area contributed by atoms with Crippen molar-refractivity contribution in [3.8, 4) is 0 Å². The average molecular weight is 543 g/mol. The van der Waals surface area contributed by atoms with Gasteiger partial charge in [0.15, 0.2) is 5.01 Å². The van der Waals surface area contributed by atoms with Crippen molar-refractivity contribution in [1.82, 2.24) is 25.1 Å². The summed E-state index contributed by atoms with van der Waals surface area (Å²) in [5.41, 5.74) is 7.46. The number of aromatic amines is 1. The molecule has 1 aliphatic heterocycles. The topological polar surface area (TPSA) is 124 Å². The second-order valence-corrected chi connectivity index (χ2v) is 11.9. The maximum Gasteiger partial charge on any atom is 0.280 e. The zero-order valence-electron chi connectivity index (χ0n) is 21.1. The molecule has 37 heavy (non-hydrogen) atoms. The molecule has 3 atom stereocenters. The van der Waals surface area contributed by atoms with Crippen molar-refractivity contribution in [3.05, 3.63) is 50.6 Å². The highest BCUT2D eigenvalue weighted by atomic mass is 35.5. The van der Waals surface area contributed by atoms with Gasteiger partial charge in [-0.2, -0.15) is 0 Å². The number of thiazole rings is 1. The number of hydrogen-bond donors (Lipinski definition) is 3. The number of ketones is 1. The minimum atomic E-state index is -1.48. The average Bonchev–Trinajstić information content (AvgIpc) is 3.47. The Bertz CT molecular complexity index is 1380. The number of carbonyl (C=O) groups is 3. The first-order valence-corrected chi connectivity index (χ1v) is 13.6. The van der Waals surface area contributed by atoms with Crippen LogP contribution in [0.15, 0.2) is 24.3 Å². The lowest BCUT2D eigenvalue weighted by Crippen LogP contribution is -2.66. The Balaban J connectivity index is 1.44. The van der Waals surface area contributed by atoms with E-state index in [2.05, 4.69) is 20.2 Å². The van der Waals surface area contributed by atoms with Crippen LogP contribution in [0.2, 0.25) is 5.02 Å². The fourth-order valence-electron chi connectivity index (χ4n) is 5.42. The minimum Gasteiger partial charge on any atom is -0.352 e. The summed E-state index contributed by atoms with van der Waals surface area (Å²) in [6.45, 7) is 1.67. The van der Waals surface area contributed by atoms with Gasteiger partial charge in [0.25, 0.3) is 5.91 Å². The van der Waals surface area contributed by atoms with Crippen molar-refractivity contribution in [1.29, 1.82) is 0 Å². The number of fused-ring (bicyclic) bond motifs is 2. The summed E-state index contributed by atoms with van der Waals surface area (Å²) in [7, 11) is 5.43. The molecule has 1 saturated carbocycles. The largest absolute Gasteiger partial charge is 0.352 e. The summed E-state index contributed by atoms with van der Waals surface area (Å²) in [6, 6.07) is 6.39. The zero-order chi connectivity index (χ0) is 26.5. The summed E-state index contributed by atoms with van der Waals surface area (Å²) in [5, 5.41) is 4.74. The number of rotatable bonds is 5. The number of nitrogens with zero attached hydrogens (tertiary/aromatic N) is 3. The lowest BCUT2D eigenvalue weighted by molar-refractivity contribution is -0.134. The van der Waals surface area contributed by atoms with Gasteiger partial charge >= 0.3 is 0 Å². The van der Waals surface area contributed by atoms with Gasteiger partial charge in [-0.05, 0) is 50.6 Å². The number of hydrogen-bond acceptors (Lipinski definition) is 7. The van der Waals surface area contributed by atoms with Gasteiger partial charge in [-0.1, -0.05) is 11.6 Å². The van der Waals surface area contributed by atoms with E-state index in [1.165, 1.54) is 16.2 Å². The Morgan fingerprint density at radius 1 is 1.27 bits per heavy atom. The Morgan fingerprint density at radius 2 is 2.05 bits per heavy atom. The van der Waals surface area contributed by atoms with Gasteiger partial charge in [0.1, 0.15) is 5.54 Å². The number of aromatic nitrogens is 2. The summed E-state index contributed by atoms with van der Waals surface area (Å²) in [6.07, 6.45) is 1.86. The van der Waals surface area contributed by atoms with E-state index >= 15 is 0 Å². The number of carbonyl (C=O) groups excluding carboxylic acids is 3. The number of nitrogens with two attached hydrogens (primary N) is 1. The summed E-state index contributed by atoms with van der Waals surface area (Å²) < 4.78 is 0. The van der Waals surface area contributed by atoms with Crippen molar-refractivity contribution in [3.63, 3.8) is 0 Å². The van der Waals surface area contributed by atoms with Crippen molar-refractivity contribution in [2.24, 2.45) is 11.7 Å². The normalized spacial score (nSPS) is 24.0. The first-order valence-electron chi connectivity index (χ1n) is 12.4. The number of Topliss-reactive ketones (excluding diaryl/α,β-unsaturated/α-hetero) is 1. The highest BCUT2D eigenvalue weighted by molar-refractivity contribution is 7.13. The minimum absolute atomic E-state index is 0.0763. The van der Waals surface area contributed by atoms with E-state index in [9.17, 15) is 14.4 Å². The Labute approximate surface area is 224 Å². The number of benzene rings is 1. The molecular formula is C26H31ClN6O3S. The third-order valence-corrected chi connectivity index (χ3v) is 8.79. The fraction of sp³-hybridized carbons (Fsp3) is 0.462. The smallest absolute Gasteiger partial charge is 0.280 e. The van der Waals surface area contributed by atoms with Crippen LogP contribution in [-0.4, -0.2) is 76.6 Å². The van der Waals surface area contributed by atoms with Crippen molar-refractivity contribution < 1.29 is 14.4 Å². The van der Waals surface area contributed by atoms with E-state index in [1.54, 1.807) is 38.4 Å². The van der Waals surface area contributed by atoms with Gasteiger partial charge in [-0.3, -0.25) is 14.4 Å². The maximum absolute atomic E-state index is 14.0. The number of nitrogens with one attached hydrogen (secondary N) is 2. The predicted molar refractivity (Wildman–Crippen MR) is 144 cm³/mol. The summed E-state index contributed by atoms with van der Waals surface area (Å²) in [4.78, 5) is 52.7. The molecule has 196 valence electrons. The molecule has 11 heteroatoms. The Morgan fingerprint density at radius 3 is 2.81 bits per heavy atom. The van der Waals surface area contributed by atoms with E-state index in [0.717, 1.165) is 41.0 Å². The van der Waals surface area contributed by atoms with Crippen LogP contribution in [0.4, 0.5) is 0 Å². The molecule has 3 unspecified atom stereocenters. The number of likely N-dealkylation sites (N-methyl/N-ethyl adjacent to an activating group) is 1. The molecule has 0 radical (unpaired) electrons. The standard InChI is InChI=1S/C26H31ClN6O3S/c1-32(2)25(36)14-4-7-21(31-23(35)24-30-18-8-9-33(3)13-20(18)37-24)26(28,12-14)22(34)19-11-15-10-16(27)5-6-17(15)29-19/h5-6,10-11,14,21,29H,4,7-9,12-13,28H2,1-3H3,(H,31,35). The molecule has 0 spiro atoms. The highest BCUT2D eigenvalue weighted by Gasteiger charge is 2.50. The molecule has 1 fully saturated rings. The Hall–Kier alpha value is -2.79. The van der Waals surface area contributed by atoms with E-state index in [-0.39, 0.29) is 24.0 Å². The molecule has 0 saturated heterocycles. The van der Waals surface area contributed by atoms with Gasteiger partial charge in [0.2, 0.25) is 11.7 Å². The summed E-state index contributed by atoms with van der Waals surface area (Å²) >= 11 is 7.52. The molecular weight excluding hydrogens is 512 g/mol. The van der Waals surface area contributed by atoms with E-state index < -0.39 is 17.5 Å². The summed E-state index contributed by atoms with van der Waals surface area (Å²) in [5.74, 6) is -1.18. The molecule has 4 N–H and O–H groups in total. The number of amides is 2. The van der Waals surface area contributed by atoms with E-state index in [0.29, 0.717) is 28.6 Å². The van der Waals surface area contributed by atoms with Crippen LogP contribution in [0, 0.1) is 5.92 Å². The molecule has 2 aromatic heterocycles. The van der Waals surface area contributed by atoms with E-state index in [1.807, 2.05) is 7.05 Å². The Kier molecular flexibility index (Phi) is 6.86. The molecule has 1 aliphatic carbocycles. The lowest BCUT2D eigenvalue weighted by atomic mass is 9.69. The molecule has 3 aromatic rings. The molecule has 9 nitrogen and oxygen atoms in total. The fourth-order valence-corrected chi connectivity index (χ4v) is 6.69. The molecule has 1 aromatic carbocycles. The molecule has 5 rings (SSSR count). The monoisotopic (exact) mass is 542 g/mol.